The Labute approximate surface area is 188 Å². The lowest BCUT2D eigenvalue weighted by Gasteiger charge is -2.28. The Morgan fingerprint density at radius 1 is 0.844 bits per heavy atom. The molecule has 0 N–H and O–H groups in total. The lowest BCUT2D eigenvalue weighted by molar-refractivity contribution is 0.0500. The van der Waals surface area contributed by atoms with E-state index in [1.165, 1.54) is 19.3 Å². The molecule has 1 aromatic heterocycles. The summed E-state index contributed by atoms with van der Waals surface area (Å²) in [4.78, 5) is 2.45. The summed E-state index contributed by atoms with van der Waals surface area (Å²) < 4.78 is 25.1. The first-order valence-electron chi connectivity index (χ1n) is 12.1. The SMILES string of the molecule is c1cc2c(cc1-c1nnc(N3CCC(C4CCOCC4)C3)n1CC1CCOC1)OCCO2. The number of hydrogen-bond acceptors (Lipinski definition) is 7. The molecule has 0 spiro atoms. The first-order chi connectivity index (χ1) is 15.8. The van der Waals surface area contributed by atoms with Gasteiger partial charge in [0.15, 0.2) is 17.3 Å². The first-order valence-corrected chi connectivity index (χ1v) is 12.1. The van der Waals surface area contributed by atoms with Crippen molar-refractivity contribution in [3.05, 3.63) is 18.2 Å². The number of anilines is 1. The smallest absolute Gasteiger partial charge is 0.227 e. The van der Waals surface area contributed by atoms with Crippen LogP contribution in [0.2, 0.25) is 0 Å². The van der Waals surface area contributed by atoms with Crippen LogP contribution in [0.3, 0.4) is 0 Å². The minimum Gasteiger partial charge on any atom is -0.486 e. The van der Waals surface area contributed by atoms with Gasteiger partial charge in [-0.3, -0.25) is 4.57 Å². The standard InChI is InChI=1S/C24H32N4O4/c1-2-21-22(32-12-11-31-21)13-19(1)23-25-26-24(28(23)14-17-4-8-30-16-17)27-7-3-20(15-27)18-5-9-29-10-6-18/h1-2,13,17-18,20H,3-12,14-16H2. The topological polar surface area (TPSA) is 70.9 Å². The summed E-state index contributed by atoms with van der Waals surface area (Å²) in [5.74, 6) is 5.47. The van der Waals surface area contributed by atoms with Gasteiger partial charge < -0.3 is 23.8 Å². The van der Waals surface area contributed by atoms with Crippen LogP contribution < -0.4 is 14.4 Å². The summed E-state index contributed by atoms with van der Waals surface area (Å²) in [6.45, 7) is 7.63. The molecule has 0 bridgehead atoms. The molecule has 8 nitrogen and oxygen atoms in total. The highest BCUT2D eigenvalue weighted by atomic mass is 16.6. The van der Waals surface area contributed by atoms with Crippen LogP contribution in [0.25, 0.3) is 11.4 Å². The first kappa shape index (κ1) is 20.3. The van der Waals surface area contributed by atoms with Gasteiger partial charge in [0, 0.05) is 50.9 Å². The predicted molar refractivity (Wildman–Crippen MR) is 119 cm³/mol. The molecule has 0 aliphatic carbocycles. The van der Waals surface area contributed by atoms with E-state index in [0.717, 1.165) is 93.2 Å². The van der Waals surface area contributed by atoms with Gasteiger partial charge in [0.2, 0.25) is 5.95 Å². The average Bonchev–Trinajstić information content (AvgIpc) is 3.61. The van der Waals surface area contributed by atoms with Crippen LogP contribution in [0.5, 0.6) is 11.5 Å². The zero-order valence-corrected chi connectivity index (χ0v) is 18.6. The molecule has 3 saturated heterocycles. The van der Waals surface area contributed by atoms with Crippen LogP contribution in [0.15, 0.2) is 18.2 Å². The van der Waals surface area contributed by atoms with Gasteiger partial charge in [-0.2, -0.15) is 0 Å². The largest absolute Gasteiger partial charge is 0.486 e. The number of nitrogens with zero attached hydrogens (tertiary/aromatic N) is 4. The fraction of sp³-hybridized carbons (Fsp3) is 0.667. The van der Waals surface area contributed by atoms with E-state index in [1.54, 1.807) is 0 Å². The number of benzene rings is 1. The molecule has 2 atom stereocenters. The Morgan fingerprint density at radius 2 is 1.69 bits per heavy atom. The van der Waals surface area contributed by atoms with Crippen LogP contribution in [-0.2, 0) is 16.0 Å². The number of ether oxygens (including phenoxy) is 4. The van der Waals surface area contributed by atoms with Gasteiger partial charge in [-0.1, -0.05) is 0 Å². The van der Waals surface area contributed by atoms with Gasteiger partial charge >= 0.3 is 0 Å². The Kier molecular flexibility index (Phi) is 5.65. The van der Waals surface area contributed by atoms with Gasteiger partial charge in [-0.25, -0.2) is 0 Å². The maximum atomic E-state index is 5.82. The van der Waals surface area contributed by atoms with Gasteiger partial charge in [-0.15, -0.1) is 10.2 Å². The third-order valence-electron chi connectivity index (χ3n) is 7.44. The molecule has 5 heterocycles. The summed E-state index contributed by atoms with van der Waals surface area (Å²) in [5, 5.41) is 9.38. The lowest BCUT2D eigenvalue weighted by atomic mass is 9.85. The molecule has 2 unspecified atom stereocenters. The molecule has 6 rings (SSSR count). The molecule has 2 aromatic rings. The quantitative estimate of drug-likeness (QED) is 0.708. The molecule has 0 amide bonds. The highest BCUT2D eigenvalue weighted by molar-refractivity contribution is 5.63. The molecule has 1 aromatic carbocycles. The van der Waals surface area contributed by atoms with Crippen LogP contribution >= 0.6 is 0 Å². The minimum atomic E-state index is 0.495. The van der Waals surface area contributed by atoms with E-state index in [1.807, 2.05) is 12.1 Å². The van der Waals surface area contributed by atoms with E-state index >= 15 is 0 Å². The van der Waals surface area contributed by atoms with E-state index in [-0.39, 0.29) is 0 Å². The summed E-state index contributed by atoms with van der Waals surface area (Å²) in [7, 11) is 0. The summed E-state index contributed by atoms with van der Waals surface area (Å²) in [6, 6.07) is 6.09. The average molecular weight is 441 g/mol. The van der Waals surface area contributed by atoms with Gasteiger partial charge in [-0.05, 0) is 55.7 Å². The molecule has 172 valence electrons. The van der Waals surface area contributed by atoms with Crippen molar-refractivity contribution in [1.82, 2.24) is 14.8 Å². The summed E-state index contributed by atoms with van der Waals surface area (Å²) >= 11 is 0. The zero-order chi connectivity index (χ0) is 21.3. The molecular formula is C24H32N4O4. The van der Waals surface area contributed by atoms with Crippen molar-refractivity contribution < 1.29 is 18.9 Å². The second-order valence-corrected chi connectivity index (χ2v) is 9.47. The fourth-order valence-electron chi connectivity index (χ4n) is 5.62. The highest BCUT2D eigenvalue weighted by Crippen LogP contribution is 2.37. The Balaban J connectivity index is 1.29. The normalized spacial score (nSPS) is 26.1. The van der Waals surface area contributed by atoms with E-state index in [9.17, 15) is 0 Å². The van der Waals surface area contributed by atoms with Crippen molar-refractivity contribution in [2.45, 2.75) is 32.2 Å². The van der Waals surface area contributed by atoms with E-state index < -0.39 is 0 Å². The molecule has 4 aliphatic heterocycles. The van der Waals surface area contributed by atoms with Crippen molar-refractivity contribution in [1.29, 1.82) is 0 Å². The van der Waals surface area contributed by atoms with Crippen molar-refractivity contribution >= 4 is 5.95 Å². The van der Waals surface area contributed by atoms with Crippen molar-refractivity contribution in [3.63, 3.8) is 0 Å². The molecule has 0 saturated carbocycles. The van der Waals surface area contributed by atoms with E-state index in [2.05, 4.69) is 20.6 Å². The number of hydrogen-bond donors (Lipinski definition) is 0. The molecular weight excluding hydrogens is 408 g/mol. The Bertz CT molecular complexity index is 936. The van der Waals surface area contributed by atoms with Crippen molar-refractivity contribution in [2.24, 2.45) is 17.8 Å². The van der Waals surface area contributed by atoms with Crippen LogP contribution in [-0.4, -0.2) is 67.5 Å². The zero-order valence-electron chi connectivity index (χ0n) is 18.6. The molecule has 32 heavy (non-hydrogen) atoms. The molecule has 8 heteroatoms. The van der Waals surface area contributed by atoms with Crippen LogP contribution in [0.1, 0.15) is 25.7 Å². The third-order valence-corrected chi connectivity index (χ3v) is 7.44. The molecule has 0 radical (unpaired) electrons. The van der Waals surface area contributed by atoms with Crippen molar-refractivity contribution in [2.75, 3.05) is 57.6 Å². The third kappa shape index (κ3) is 3.94. The predicted octanol–water partition coefficient (Wildman–Crippen LogP) is 3.01. The number of fused-ring (bicyclic) bond motifs is 1. The Morgan fingerprint density at radius 3 is 2.53 bits per heavy atom. The maximum absolute atomic E-state index is 5.82. The molecule has 4 aliphatic rings. The number of aromatic nitrogens is 3. The van der Waals surface area contributed by atoms with Gasteiger partial charge in [0.25, 0.3) is 0 Å². The van der Waals surface area contributed by atoms with E-state index in [0.29, 0.717) is 19.1 Å². The van der Waals surface area contributed by atoms with Crippen LogP contribution in [0, 0.1) is 17.8 Å². The monoisotopic (exact) mass is 440 g/mol. The van der Waals surface area contributed by atoms with Crippen LogP contribution in [0.4, 0.5) is 5.95 Å². The molecule has 3 fully saturated rings. The second kappa shape index (κ2) is 8.90. The van der Waals surface area contributed by atoms with E-state index in [4.69, 9.17) is 24.0 Å². The minimum absolute atomic E-state index is 0.495. The van der Waals surface area contributed by atoms with Gasteiger partial charge in [0.1, 0.15) is 13.2 Å². The summed E-state index contributed by atoms with van der Waals surface area (Å²) in [5.41, 5.74) is 1.02. The summed E-state index contributed by atoms with van der Waals surface area (Å²) in [6.07, 6.45) is 4.69. The maximum Gasteiger partial charge on any atom is 0.227 e. The highest BCUT2D eigenvalue weighted by Gasteiger charge is 2.34. The lowest BCUT2D eigenvalue weighted by Crippen LogP contribution is -2.29. The number of rotatable bonds is 5. The fourth-order valence-corrected chi connectivity index (χ4v) is 5.62. The second-order valence-electron chi connectivity index (χ2n) is 9.47. The van der Waals surface area contributed by atoms with Gasteiger partial charge in [0.05, 0.1) is 6.61 Å². The Hall–Kier alpha value is -2.32. The van der Waals surface area contributed by atoms with Crippen molar-refractivity contribution in [3.8, 4) is 22.9 Å².